The minimum atomic E-state index is -1.21. The van der Waals surface area contributed by atoms with Gasteiger partial charge in [-0.2, -0.15) is 0 Å². The van der Waals surface area contributed by atoms with Gasteiger partial charge in [0.1, 0.15) is 11.3 Å². The van der Waals surface area contributed by atoms with Crippen molar-refractivity contribution in [3.8, 4) is 0 Å². The largest absolute Gasteiger partial charge is 0.324 e. The van der Waals surface area contributed by atoms with E-state index in [0.717, 1.165) is 34.5 Å². The molecule has 5 heteroatoms. The van der Waals surface area contributed by atoms with Gasteiger partial charge < -0.3 is 5.32 Å². The van der Waals surface area contributed by atoms with Gasteiger partial charge in [0.05, 0.1) is 5.41 Å². The minimum Gasteiger partial charge on any atom is -0.324 e. The van der Waals surface area contributed by atoms with E-state index in [1.165, 1.54) is 5.56 Å². The zero-order chi connectivity index (χ0) is 27.3. The van der Waals surface area contributed by atoms with E-state index in [4.69, 9.17) is 0 Å². The number of piperidine rings is 1. The van der Waals surface area contributed by atoms with Crippen molar-refractivity contribution in [2.75, 3.05) is 18.4 Å². The third kappa shape index (κ3) is 3.61. The molecule has 3 heterocycles. The molecule has 2 N–H and O–H groups in total. The van der Waals surface area contributed by atoms with E-state index in [1.807, 2.05) is 61.5 Å². The highest BCUT2D eigenvalue weighted by Crippen LogP contribution is 2.65. The van der Waals surface area contributed by atoms with E-state index in [-0.39, 0.29) is 23.7 Å². The van der Waals surface area contributed by atoms with Crippen molar-refractivity contribution in [2.24, 2.45) is 5.41 Å². The standard InChI is InChI=1S/C35H33N3O2/c1-24-17-18-29-28(21-24)35(33(40)36-29)34(23-38(20-19-30(34)39)22-25-11-5-2-6-12-25)31(26-13-7-3-8-14-26)32(37-35)27-15-9-4-10-16-27/h2-18,21,31-32,37H,19-20,22-23H2,1H3,(H,36,40). The third-order valence-electron chi connectivity index (χ3n) is 9.27. The minimum absolute atomic E-state index is 0.137. The van der Waals surface area contributed by atoms with Crippen molar-refractivity contribution >= 4 is 17.4 Å². The van der Waals surface area contributed by atoms with Crippen molar-refractivity contribution in [1.29, 1.82) is 0 Å². The Kier molecular flexibility index (Phi) is 5.95. The maximum atomic E-state index is 14.7. The molecule has 2 saturated heterocycles. The Morgan fingerprint density at radius 1 is 0.825 bits per heavy atom. The molecule has 2 fully saturated rings. The Bertz CT molecular complexity index is 1570. The number of aryl methyl sites for hydroxylation is 1. The number of hydrogen-bond donors (Lipinski definition) is 2. The van der Waals surface area contributed by atoms with Crippen LogP contribution in [0.5, 0.6) is 0 Å². The average Bonchev–Trinajstić information content (AvgIpc) is 3.44. The lowest BCUT2D eigenvalue weighted by atomic mass is 9.56. The number of carbonyl (C=O) groups is 2. The van der Waals surface area contributed by atoms with Crippen molar-refractivity contribution in [2.45, 2.75) is 37.4 Å². The Morgan fingerprint density at radius 3 is 2.17 bits per heavy atom. The van der Waals surface area contributed by atoms with Crippen LogP contribution in [0.3, 0.4) is 0 Å². The first-order valence-electron chi connectivity index (χ1n) is 14.1. The van der Waals surface area contributed by atoms with Crippen molar-refractivity contribution in [3.05, 3.63) is 137 Å². The number of ketones is 1. The van der Waals surface area contributed by atoms with Crippen LogP contribution in [-0.4, -0.2) is 29.7 Å². The molecule has 0 aromatic heterocycles. The normalized spacial score (nSPS) is 27.7. The number of benzene rings is 4. The van der Waals surface area contributed by atoms with Gasteiger partial charge in [-0.3, -0.25) is 19.8 Å². The van der Waals surface area contributed by atoms with Crippen LogP contribution in [0.15, 0.2) is 109 Å². The zero-order valence-electron chi connectivity index (χ0n) is 22.6. The smallest absolute Gasteiger partial charge is 0.250 e. The summed E-state index contributed by atoms with van der Waals surface area (Å²) in [5.41, 5.74) is 3.86. The lowest BCUT2D eigenvalue weighted by molar-refractivity contribution is -0.146. The molecular formula is C35H33N3O2. The van der Waals surface area contributed by atoms with Gasteiger partial charge in [0.15, 0.2) is 0 Å². The van der Waals surface area contributed by atoms with Gasteiger partial charge >= 0.3 is 0 Å². The summed E-state index contributed by atoms with van der Waals surface area (Å²) < 4.78 is 0. The topological polar surface area (TPSA) is 61.4 Å². The second-order valence-electron chi connectivity index (χ2n) is 11.5. The van der Waals surface area contributed by atoms with Gasteiger partial charge in [0.2, 0.25) is 0 Å². The third-order valence-corrected chi connectivity index (χ3v) is 9.27. The molecule has 3 aliphatic rings. The molecule has 4 unspecified atom stereocenters. The molecule has 0 aliphatic carbocycles. The molecule has 3 aliphatic heterocycles. The quantitative estimate of drug-likeness (QED) is 0.356. The Labute approximate surface area is 235 Å². The fourth-order valence-corrected chi connectivity index (χ4v) is 7.62. The molecule has 5 nitrogen and oxygen atoms in total. The summed E-state index contributed by atoms with van der Waals surface area (Å²) in [4.78, 5) is 31.6. The average molecular weight is 528 g/mol. The summed E-state index contributed by atoms with van der Waals surface area (Å²) in [6.45, 7) is 3.93. The molecule has 2 spiro atoms. The second kappa shape index (κ2) is 9.54. The first-order chi connectivity index (χ1) is 19.5. The van der Waals surface area contributed by atoms with Gasteiger partial charge in [-0.05, 0) is 29.7 Å². The van der Waals surface area contributed by atoms with Crippen molar-refractivity contribution in [3.63, 3.8) is 0 Å². The number of rotatable bonds is 4. The van der Waals surface area contributed by atoms with Crippen LogP contribution < -0.4 is 10.6 Å². The zero-order valence-corrected chi connectivity index (χ0v) is 22.6. The maximum Gasteiger partial charge on any atom is 0.250 e. The van der Waals surface area contributed by atoms with Gasteiger partial charge in [-0.1, -0.05) is 109 Å². The predicted molar refractivity (Wildman–Crippen MR) is 157 cm³/mol. The molecular weight excluding hydrogens is 494 g/mol. The highest BCUT2D eigenvalue weighted by molar-refractivity contribution is 6.11. The van der Waals surface area contributed by atoms with E-state index in [0.29, 0.717) is 19.5 Å². The predicted octanol–water partition coefficient (Wildman–Crippen LogP) is 5.73. The Hall–Kier alpha value is -4.06. The van der Waals surface area contributed by atoms with E-state index in [2.05, 4.69) is 70.1 Å². The number of hydrogen-bond acceptors (Lipinski definition) is 4. The van der Waals surface area contributed by atoms with Gasteiger partial charge in [0, 0.05) is 49.3 Å². The Morgan fingerprint density at radius 2 is 1.48 bits per heavy atom. The number of fused-ring (bicyclic) bond motifs is 3. The number of amides is 1. The number of carbonyl (C=O) groups excluding carboxylic acids is 2. The van der Waals surface area contributed by atoms with Crippen molar-refractivity contribution < 1.29 is 9.59 Å². The number of nitrogens with one attached hydrogen (secondary N) is 2. The maximum absolute atomic E-state index is 14.7. The molecule has 4 atom stereocenters. The summed E-state index contributed by atoms with van der Waals surface area (Å²) in [7, 11) is 0. The first-order valence-corrected chi connectivity index (χ1v) is 14.1. The molecule has 0 radical (unpaired) electrons. The monoisotopic (exact) mass is 527 g/mol. The van der Waals surface area contributed by atoms with Gasteiger partial charge in [-0.25, -0.2) is 0 Å². The lowest BCUT2D eigenvalue weighted by Gasteiger charge is -2.49. The fraction of sp³-hybridized carbons (Fsp3) is 0.257. The summed E-state index contributed by atoms with van der Waals surface area (Å²) in [6, 6.07) is 36.9. The SMILES string of the molecule is Cc1ccc2c(c1)C1(NC(c3ccccc3)C(c3ccccc3)C13CN(Cc1ccccc1)CCC3=O)C(=O)N2. The van der Waals surface area contributed by atoms with E-state index >= 15 is 0 Å². The molecule has 4 aromatic carbocycles. The summed E-state index contributed by atoms with van der Waals surface area (Å²) in [5.74, 6) is -0.233. The van der Waals surface area contributed by atoms with Crippen LogP contribution in [0.2, 0.25) is 0 Å². The second-order valence-corrected chi connectivity index (χ2v) is 11.5. The summed E-state index contributed by atoms with van der Waals surface area (Å²) >= 11 is 0. The first kappa shape index (κ1) is 24.9. The molecule has 0 saturated carbocycles. The van der Waals surface area contributed by atoms with E-state index < -0.39 is 11.0 Å². The van der Waals surface area contributed by atoms with E-state index in [1.54, 1.807) is 0 Å². The molecule has 1 amide bonds. The Balaban J connectivity index is 1.49. The van der Waals surface area contributed by atoms with Crippen LogP contribution in [0.1, 0.15) is 46.2 Å². The summed E-state index contributed by atoms with van der Waals surface area (Å²) in [6.07, 6.45) is 0.398. The highest BCUT2D eigenvalue weighted by atomic mass is 16.2. The van der Waals surface area contributed by atoms with Crippen LogP contribution in [0.25, 0.3) is 0 Å². The van der Waals surface area contributed by atoms with Crippen LogP contribution >= 0.6 is 0 Å². The molecule has 0 bridgehead atoms. The number of nitrogens with zero attached hydrogens (tertiary/aromatic N) is 1. The molecule has 7 rings (SSSR count). The van der Waals surface area contributed by atoms with Gasteiger partial charge in [-0.15, -0.1) is 0 Å². The van der Waals surface area contributed by atoms with Crippen molar-refractivity contribution in [1.82, 2.24) is 10.2 Å². The number of Topliss-reactive ketones (excluding diaryl/α,β-unsaturated/α-hetero) is 1. The fourth-order valence-electron chi connectivity index (χ4n) is 7.62. The number of anilines is 1. The molecule has 40 heavy (non-hydrogen) atoms. The van der Waals surface area contributed by atoms with E-state index in [9.17, 15) is 9.59 Å². The molecule has 4 aromatic rings. The summed E-state index contributed by atoms with van der Waals surface area (Å²) in [5, 5.41) is 7.07. The van der Waals surface area contributed by atoms with Crippen LogP contribution in [0, 0.1) is 12.3 Å². The highest BCUT2D eigenvalue weighted by Gasteiger charge is 2.74. The lowest BCUT2D eigenvalue weighted by Crippen LogP contribution is -2.64. The van der Waals surface area contributed by atoms with Gasteiger partial charge in [0.25, 0.3) is 5.91 Å². The van der Waals surface area contributed by atoms with Crippen LogP contribution in [0.4, 0.5) is 5.69 Å². The van der Waals surface area contributed by atoms with Crippen LogP contribution in [-0.2, 0) is 21.7 Å². The molecule has 200 valence electrons. The number of likely N-dealkylation sites (tertiary alicyclic amines) is 1.